The van der Waals surface area contributed by atoms with Crippen LogP contribution in [0, 0.1) is 0 Å². The van der Waals surface area contributed by atoms with Crippen LogP contribution < -0.4 is 0 Å². The average molecular weight is 190 g/mol. The largest absolute Gasteiger partial charge is 0.490 e. The molecule has 1 aromatic heterocycles. The SMILES string of the molecule is O=C(C1=CCCCO1)c1ncccn1. The molecule has 4 nitrogen and oxygen atoms in total. The molecule has 0 aromatic carbocycles. The van der Waals surface area contributed by atoms with Gasteiger partial charge < -0.3 is 4.74 Å². The normalized spacial score (nSPS) is 15.6. The zero-order valence-corrected chi connectivity index (χ0v) is 7.64. The highest BCUT2D eigenvalue weighted by molar-refractivity contribution is 6.04. The van der Waals surface area contributed by atoms with Crippen LogP contribution in [0.1, 0.15) is 23.5 Å². The summed E-state index contributed by atoms with van der Waals surface area (Å²) in [5, 5.41) is 0. The zero-order valence-electron chi connectivity index (χ0n) is 7.64. The molecule has 0 atom stereocenters. The maximum atomic E-state index is 11.7. The summed E-state index contributed by atoms with van der Waals surface area (Å²) in [7, 11) is 0. The van der Waals surface area contributed by atoms with Crippen LogP contribution in [0.2, 0.25) is 0 Å². The summed E-state index contributed by atoms with van der Waals surface area (Å²) in [6.07, 6.45) is 6.73. The number of hydrogen-bond acceptors (Lipinski definition) is 4. The average Bonchev–Trinajstić information content (AvgIpc) is 2.30. The van der Waals surface area contributed by atoms with Crippen molar-refractivity contribution in [3.05, 3.63) is 36.1 Å². The van der Waals surface area contributed by atoms with Crippen LogP contribution in [-0.2, 0) is 4.74 Å². The minimum atomic E-state index is -0.231. The summed E-state index contributed by atoms with van der Waals surface area (Å²) in [5.41, 5.74) is 0. The number of ether oxygens (including phenoxy) is 1. The molecule has 0 unspecified atom stereocenters. The Hall–Kier alpha value is -1.71. The van der Waals surface area contributed by atoms with Crippen LogP contribution in [0.4, 0.5) is 0 Å². The van der Waals surface area contributed by atoms with Gasteiger partial charge in [-0.2, -0.15) is 0 Å². The second-order valence-electron chi connectivity index (χ2n) is 2.96. The number of nitrogens with zero attached hydrogens (tertiary/aromatic N) is 2. The monoisotopic (exact) mass is 190 g/mol. The number of rotatable bonds is 2. The molecule has 0 radical (unpaired) electrons. The molecule has 1 aromatic rings. The minimum absolute atomic E-state index is 0.195. The number of hydrogen-bond donors (Lipinski definition) is 0. The standard InChI is InChI=1S/C10H10N2O2/c13-9(8-4-1-2-7-14-8)10-11-5-3-6-12-10/h3-6H,1-2,7H2. The number of carbonyl (C=O) groups is 1. The first-order valence-electron chi connectivity index (χ1n) is 4.52. The van der Waals surface area contributed by atoms with Crippen molar-refractivity contribution in [3.8, 4) is 0 Å². The Morgan fingerprint density at radius 1 is 1.36 bits per heavy atom. The second-order valence-corrected chi connectivity index (χ2v) is 2.96. The van der Waals surface area contributed by atoms with E-state index in [1.807, 2.05) is 0 Å². The predicted octanol–water partition coefficient (Wildman–Crippen LogP) is 1.35. The number of allylic oxidation sites excluding steroid dienone is 2. The van der Waals surface area contributed by atoms with E-state index in [4.69, 9.17) is 4.74 Å². The molecule has 2 rings (SSSR count). The molecule has 1 aliphatic heterocycles. The van der Waals surface area contributed by atoms with Crippen molar-refractivity contribution in [1.82, 2.24) is 9.97 Å². The van der Waals surface area contributed by atoms with Crippen molar-refractivity contribution >= 4 is 5.78 Å². The first-order valence-corrected chi connectivity index (χ1v) is 4.52. The van der Waals surface area contributed by atoms with E-state index in [1.165, 1.54) is 0 Å². The van der Waals surface area contributed by atoms with Crippen molar-refractivity contribution in [2.24, 2.45) is 0 Å². The summed E-state index contributed by atoms with van der Waals surface area (Å²) in [6, 6.07) is 1.67. The van der Waals surface area contributed by atoms with Crippen LogP contribution in [-0.4, -0.2) is 22.4 Å². The Bertz CT molecular complexity index is 360. The fraction of sp³-hybridized carbons (Fsp3) is 0.300. The molecule has 0 spiro atoms. The van der Waals surface area contributed by atoms with Crippen LogP contribution in [0.15, 0.2) is 30.3 Å². The third kappa shape index (κ3) is 1.79. The van der Waals surface area contributed by atoms with Crippen molar-refractivity contribution in [2.45, 2.75) is 12.8 Å². The van der Waals surface area contributed by atoms with E-state index < -0.39 is 0 Å². The number of ketones is 1. The van der Waals surface area contributed by atoms with Crippen molar-refractivity contribution in [3.63, 3.8) is 0 Å². The van der Waals surface area contributed by atoms with Gasteiger partial charge in [-0.3, -0.25) is 4.79 Å². The van der Waals surface area contributed by atoms with Crippen LogP contribution in [0.5, 0.6) is 0 Å². The van der Waals surface area contributed by atoms with E-state index in [0.29, 0.717) is 12.4 Å². The molecule has 0 aliphatic carbocycles. The Morgan fingerprint density at radius 3 is 2.79 bits per heavy atom. The molecule has 0 amide bonds. The predicted molar refractivity (Wildman–Crippen MR) is 49.6 cm³/mol. The maximum Gasteiger partial charge on any atom is 0.264 e. The van der Waals surface area contributed by atoms with Crippen LogP contribution in [0.3, 0.4) is 0 Å². The van der Waals surface area contributed by atoms with E-state index in [-0.39, 0.29) is 11.6 Å². The van der Waals surface area contributed by atoms with Gasteiger partial charge in [0.2, 0.25) is 5.82 Å². The van der Waals surface area contributed by atoms with Gasteiger partial charge in [-0.25, -0.2) is 9.97 Å². The number of aromatic nitrogens is 2. The van der Waals surface area contributed by atoms with Gasteiger partial charge in [-0.1, -0.05) is 0 Å². The molecular formula is C10H10N2O2. The number of carbonyl (C=O) groups excluding carboxylic acids is 1. The molecule has 2 heterocycles. The summed E-state index contributed by atoms with van der Waals surface area (Å²) in [6.45, 7) is 0.602. The first-order chi connectivity index (χ1) is 6.88. The lowest BCUT2D eigenvalue weighted by Gasteiger charge is -2.12. The lowest BCUT2D eigenvalue weighted by molar-refractivity contribution is 0.0889. The van der Waals surface area contributed by atoms with Gasteiger partial charge in [-0.05, 0) is 25.0 Å². The Labute approximate surface area is 81.6 Å². The Balaban J connectivity index is 2.20. The van der Waals surface area contributed by atoms with Gasteiger partial charge in [0.15, 0.2) is 5.76 Å². The summed E-state index contributed by atoms with van der Waals surface area (Å²) >= 11 is 0. The molecule has 0 N–H and O–H groups in total. The fourth-order valence-corrected chi connectivity index (χ4v) is 1.24. The van der Waals surface area contributed by atoms with E-state index in [1.54, 1.807) is 24.5 Å². The lowest BCUT2D eigenvalue weighted by atomic mass is 10.2. The fourth-order valence-electron chi connectivity index (χ4n) is 1.24. The van der Waals surface area contributed by atoms with E-state index in [0.717, 1.165) is 12.8 Å². The smallest absolute Gasteiger partial charge is 0.264 e. The van der Waals surface area contributed by atoms with E-state index >= 15 is 0 Å². The van der Waals surface area contributed by atoms with Gasteiger partial charge in [-0.15, -0.1) is 0 Å². The Kier molecular flexibility index (Phi) is 2.53. The summed E-state index contributed by atoms with van der Waals surface area (Å²) < 4.78 is 5.23. The highest BCUT2D eigenvalue weighted by Gasteiger charge is 2.17. The Morgan fingerprint density at radius 2 is 2.14 bits per heavy atom. The van der Waals surface area contributed by atoms with Crippen molar-refractivity contribution < 1.29 is 9.53 Å². The second kappa shape index (κ2) is 4.00. The van der Waals surface area contributed by atoms with Gasteiger partial charge >= 0.3 is 0 Å². The maximum absolute atomic E-state index is 11.7. The van der Waals surface area contributed by atoms with Gasteiger partial charge in [0.25, 0.3) is 5.78 Å². The molecule has 0 fully saturated rings. The quantitative estimate of drug-likeness (QED) is 0.660. The zero-order chi connectivity index (χ0) is 9.80. The third-order valence-electron chi connectivity index (χ3n) is 1.93. The van der Waals surface area contributed by atoms with Gasteiger partial charge in [0.1, 0.15) is 0 Å². The first kappa shape index (κ1) is 8.87. The lowest BCUT2D eigenvalue weighted by Crippen LogP contribution is -2.13. The summed E-state index contributed by atoms with van der Waals surface area (Å²) in [4.78, 5) is 19.4. The van der Waals surface area contributed by atoms with Crippen molar-refractivity contribution in [2.75, 3.05) is 6.61 Å². The van der Waals surface area contributed by atoms with E-state index in [9.17, 15) is 4.79 Å². The molecule has 0 bridgehead atoms. The molecule has 72 valence electrons. The molecule has 4 heteroatoms. The van der Waals surface area contributed by atoms with Crippen LogP contribution in [0.25, 0.3) is 0 Å². The van der Waals surface area contributed by atoms with E-state index in [2.05, 4.69) is 9.97 Å². The topological polar surface area (TPSA) is 52.1 Å². The van der Waals surface area contributed by atoms with Crippen molar-refractivity contribution in [1.29, 1.82) is 0 Å². The number of Topliss-reactive ketones (excluding diaryl/α,β-unsaturated/α-hetero) is 1. The molecule has 1 aliphatic rings. The van der Waals surface area contributed by atoms with Gasteiger partial charge in [0, 0.05) is 12.4 Å². The highest BCUT2D eigenvalue weighted by atomic mass is 16.5. The highest BCUT2D eigenvalue weighted by Crippen LogP contribution is 2.13. The minimum Gasteiger partial charge on any atom is -0.490 e. The van der Waals surface area contributed by atoms with Gasteiger partial charge in [0.05, 0.1) is 6.61 Å². The summed E-state index contributed by atoms with van der Waals surface area (Å²) in [5.74, 6) is 0.341. The molecule has 0 saturated heterocycles. The van der Waals surface area contributed by atoms with Crippen LogP contribution >= 0.6 is 0 Å². The molecular weight excluding hydrogens is 180 g/mol. The molecule has 14 heavy (non-hydrogen) atoms. The third-order valence-corrected chi connectivity index (χ3v) is 1.93. The molecule has 0 saturated carbocycles.